The van der Waals surface area contributed by atoms with Gasteiger partial charge in [0.05, 0.1) is 0 Å². The van der Waals surface area contributed by atoms with E-state index < -0.39 is 10.2 Å². The molecule has 15 heavy (non-hydrogen) atoms. The van der Waals surface area contributed by atoms with E-state index in [0.717, 1.165) is 0 Å². The quantitative estimate of drug-likeness (QED) is 0.626. The first-order valence-corrected chi connectivity index (χ1v) is 6.51. The molecule has 1 aliphatic heterocycles. The summed E-state index contributed by atoms with van der Waals surface area (Å²) >= 11 is 0. The first kappa shape index (κ1) is 12.9. The molecule has 0 spiro atoms. The van der Waals surface area contributed by atoms with Crippen molar-refractivity contribution in [1.29, 1.82) is 0 Å². The number of piperazine rings is 1. The number of hydrogen-bond donors (Lipinski definition) is 2. The van der Waals surface area contributed by atoms with Crippen molar-refractivity contribution < 1.29 is 8.42 Å². The van der Waals surface area contributed by atoms with Gasteiger partial charge >= 0.3 is 0 Å². The topological polar surface area (TPSA) is 92.7 Å². The van der Waals surface area contributed by atoms with Crippen molar-refractivity contribution in [2.45, 2.75) is 19.4 Å². The summed E-state index contributed by atoms with van der Waals surface area (Å²) in [4.78, 5) is 2.19. The van der Waals surface area contributed by atoms with Gasteiger partial charge in [0.15, 0.2) is 0 Å². The lowest BCUT2D eigenvalue weighted by Gasteiger charge is -2.42. The Hall–Kier alpha value is -0.210. The summed E-state index contributed by atoms with van der Waals surface area (Å²) in [5, 5.41) is 5.05. The van der Waals surface area contributed by atoms with Crippen LogP contribution < -0.4 is 10.9 Å². The minimum absolute atomic E-state index is 0.0789. The van der Waals surface area contributed by atoms with E-state index in [1.54, 1.807) is 0 Å². The van der Waals surface area contributed by atoms with Crippen molar-refractivity contribution in [2.75, 3.05) is 32.7 Å². The maximum absolute atomic E-state index is 11.1. The van der Waals surface area contributed by atoms with Crippen LogP contribution in [0.1, 0.15) is 13.8 Å². The predicted octanol–water partition coefficient (Wildman–Crippen LogP) is -1.46. The largest absolute Gasteiger partial charge is 0.329 e. The van der Waals surface area contributed by atoms with E-state index in [2.05, 4.69) is 18.7 Å². The second-order valence-corrected chi connectivity index (χ2v) is 5.99. The lowest BCUT2D eigenvalue weighted by atomic mass is 10.0. The molecule has 90 valence electrons. The summed E-state index contributed by atoms with van der Waals surface area (Å²) in [6.45, 7) is 6.92. The Kier molecular flexibility index (Phi) is 3.72. The number of nitrogens with zero attached hydrogens (tertiary/aromatic N) is 2. The molecule has 1 fully saturated rings. The van der Waals surface area contributed by atoms with Gasteiger partial charge in [-0.25, -0.2) is 5.14 Å². The fraction of sp³-hybridized carbons (Fsp3) is 1.00. The number of rotatable bonds is 3. The highest BCUT2D eigenvalue weighted by atomic mass is 32.2. The second kappa shape index (κ2) is 4.34. The Morgan fingerprint density at radius 2 is 1.67 bits per heavy atom. The van der Waals surface area contributed by atoms with Crippen molar-refractivity contribution in [3.05, 3.63) is 0 Å². The maximum Gasteiger partial charge on any atom is 0.276 e. The van der Waals surface area contributed by atoms with E-state index >= 15 is 0 Å². The van der Waals surface area contributed by atoms with Crippen LogP contribution in [0.25, 0.3) is 0 Å². The molecule has 1 heterocycles. The first-order valence-electron chi connectivity index (χ1n) is 5.00. The molecule has 1 rings (SSSR count). The fourth-order valence-corrected chi connectivity index (χ4v) is 2.35. The van der Waals surface area contributed by atoms with Crippen LogP contribution in [0.2, 0.25) is 0 Å². The zero-order valence-corrected chi connectivity index (χ0v) is 10.1. The predicted molar refractivity (Wildman–Crippen MR) is 59.4 cm³/mol. The average molecular weight is 236 g/mol. The normalized spacial score (nSPS) is 21.9. The molecular formula is C8H20N4O2S. The van der Waals surface area contributed by atoms with E-state index in [0.29, 0.717) is 32.7 Å². The fourth-order valence-electron chi connectivity index (χ4n) is 1.68. The van der Waals surface area contributed by atoms with E-state index in [4.69, 9.17) is 10.9 Å². The summed E-state index contributed by atoms with van der Waals surface area (Å²) in [6, 6.07) is 0. The van der Waals surface area contributed by atoms with Gasteiger partial charge in [-0.2, -0.15) is 12.7 Å². The van der Waals surface area contributed by atoms with Crippen LogP contribution in [0.4, 0.5) is 0 Å². The molecule has 0 atom stereocenters. The Bertz CT molecular complexity index is 307. The highest BCUT2D eigenvalue weighted by molar-refractivity contribution is 7.86. The third-order valence-corrected chi connectivity index (χ3v) is 4.04. The summed E-state index contributed by atoms with van der Waals surface area (Å²) in [5.74, 6) is 0. The SMILES string of the molecule is CC(C)(CN)N1CCN(S(N)(=O)=O)CC1. The Morgan fingerprint density at radius 3 is 2.00 bits per heavy atom. The van der Waals surface area contributed by atoms with Gasteiger partial charge in [-0.15, -0.1) is 0 Å². The van der Waals surface area contributed by atoms with Crippen LogP contribution in [-0.2, 0) is 10.2 Å². The zero-order chi connectivity index (χ0) is 11.7. The van der Waals surface area contributed by atoms with E-state index in [1.807, 2.05) is 0 Å². The van der Waals surface area contributed by atoms with Gasteiger partial charge in [-0.3, -0.25) is 4.90 Å². The molecule has 0 aromatic rings. The van der Waals surface area contributed by atoms with Crippen molar-refractivity contribution in [1.82, 2.24) is 9.21 Å². The van der Waals surface area contributed by atoms with Crippen LogP contribution in [0.5, 0.6) is 0 Å². The lowest BCUT2D eigenvalue weighted by Crippen LogP contribution is -2.58. The average Bonchev–Trinajstić information content (AvgIpc) is 2.17. The van der Waals surface area contributed by atoms with Crippen LogP contribution in [-0.4, -0.2) is 55.9 Å². The van der Waals surface area contributed by atoms with Crippen LogP contribution in [0.15, 0.2) is 0 Å². The minimum atomic E-state index is -3.53. The van der Waals surface area contributed by atoms with Gasteiger partial charge in [-0.1, -0.05) is 0 Å². The van der Waals surface area contributed by atoms with Crippen LogP contribution >= 0.6 is 0 Å². The van der Waals surface area contributed by atoms with Crippen LogP contribution in [0, 0.1) is 0 Å². The molecular weight excluding hydrogens is 216 g/mol. The van der Waals surface area contributed by atoms with Gasteiger partial charge in [0.25, 0.3) is 10.2 Å². The lowest BCUT2D eigenvalue weighted by molar-refractivity contribution is 0.0850. The van der Waals surface area contributed by atoms with Gasteiger partial charge < -0.3 is 5.73 Å². The summed E-state index contributed by atoms with van der Waals surface area (Å²) in [5.41, 5.74) is 5.58. The molecule has 0 aromatic carbocycles. The molecule has 0 aromatic heterocycles. The molecule has 0 unspecified atom stereocenters. The highest BCUT2D eigenvalue weighted by Crippen LogP contribution is 2.16. The molecule has 4 N–H and O–H groups in total. The van der Waals surface area contributed by atoms with Crippen molar-refractivity contribution >= 4 is 10.2 Å². The molecule has 0 bridgehead atoms. The van der Waals surface area contributed by atoms with Gasteiger partial charge in [-0.05, 0) is 13.8 Å². The van der Waals surface area contributed by atoms with E-state index in [-0.39, 0.29) is 5.54 Å². The standard InChI is InChI=1S/C8H20N4O2S/c1-8(2,7-9)11-3-5-12(6-4-11)15(10,13)14/h3-7,9H2,1-2H3,(H2,10,13,14). The van der Waals surface area contributed by atoms with Gasteiger partial charge in [0.2, 0.25) is 0 Å². The molecule has 0 saturated carbocycles. The number of nitrogens with two attached hydrogens (primary N) is 2. The third-order valence-electron chi connectivity index (χ3n) is 2.95. The monoisotopic (exact) mass is 236 g/mol. The smallest absolute Gasteiger partial charge is 0.276 e. The van der Waals surface area contributed by atoms with E-state index in [9.17, 15) is 8.42 Å². The minimum Gasteiger partial charge on any atom is -0.329 e. The second-order valence-electron chi connectivity index (χ2n) is 4.45. The molecule has 0 aliphatic carbocycles. The summed E-state index contributed by atoms with van der Waals surface area (Å²) in [7, 11) is -3.53. The maximum atomic E-state index is 11.1. The van der Waals surface area contributed by atoms with Crippen molar-refractivity contribution in [2.24, 2.45) is 10.9 Å². The molecule has 6 nitrogen and oxygen atoms in total. The van der Waals surface area contributed by atoms with Gasteiger partial charge in [0, 0.05) is 38.3 Å². The first-order chi connectivity index (χ1) is 6.77. The van der Waals surface area contributed by atoms with Gasteiger partial charge in [0.1, 0.15) is 0 Å². The Morgan fingerprint density at radius 1 is 1.20 bits per heavy atom. The highest BCUT2D eigenvalue weighted by Gasteiger charge is 2.31. The van der Waals surface area contributed by atoms with Crippen molar-refractivity contribution in [3.63, 3.8) is 0 Å². The zero-order valence-electron chi connectivity index (χ0n) is 9.31. The molecule has 7 heteroatoms. The van der Waals surface area contributed by atoms with E-state index in [1.165, 1.54) is 4.31 Å². The Labute approximate surface area is 91.4 Å². The molecule has 1 aliphatic rings. The third kappa shape index (κ3) is 3.12. The Balaban J connectivity index is 2.57. The van der Waals surface area contributed by atoms with Crippen molar-refractivity contribution in [3.8, 4) is 0 Å². The number of hydrogen-bond acceptors (Lipinski definition) is 4. The molecule has 0 radical (unpaired) electrons. The summed E-state index contributed by atoms with van der Waals surface area (Å²) < 4.78 is 23.4. The molecule has 1 saturated heterocycles. The summed E-state index contributed by atoms with van der Waals surface area (Å²) in [6.07, 6.45) is 0. The molecule has 0 amide bonds. The van der Waals surface area contributed by atoms with Crippen LogP contribution in [0.3, 0.4) is 0 Å².